The Morgan fingerprint density at radius 3 is 3.00 bits per heavy atom. The summed E-state index contributed by atoms with van der Waals surface area (Å²) < 4.78 is 10.4. The molecule has 0 amide bonds. The molecule has 9 heteroatoms. The van der Waals surface area contributed by atoms with Crippen LogP contribution < -0.4 is 21.2 Å². The lowest BCUT2D eigenvalue weighted by Gasteiger charge is -2.08. The Morgan fingerprint density at radius 1 is 1.28 bits per heavy atom. The number of rotatable bonds is 4. The summed E-state index contributed by atoms with van der Waals surface area (Å²) in [5, 5.41) is 3.76. The third kappa shape index (κ3) is 2.71. The molecule has 0 saturated heterocycles. The normalized spacial score (nSPS) is 11.1. The van der Waals surface area contributed by atoms with Crippen LogP contribution in [0.2, 0.25) is 0 Å². The van der Waals surface area contributed by atoms with Gasteiger partial charge in [0, 0.05) is 24.1 Å². The van der Waals surface area contributed by atoms with Gasteiger partial charge in [0.1, 0.15) is 11.3 Å². The van der Waals surface area contributed by atoms with Crippen LogP contribution in [-0.4, -0.2) is 27.0 Å². The van der Waals surface area contributed by atoms with Crippen LogP contribution in [0.25, 0.3) is 22.1 Å². The fourth-order valence-electron chi connectivity index (χ4n) is 2.59. The largest absolute Gasteiger partial charge is 0.497 e. The Kier molecular flexibility index (Phi) is 3.46. The second kappa shape index (κ2) is 5.78. The average molecular weight is 339 g/mol. The van der Waals surface area contributed by atoms with Crippen molar-refractivity contribution in [2.75, 3.05) is 12.4 Å². The molecule has 0 bridgehead atoms. The van der Waals surface area contributed by atoms with E-state index >= 15 is 0 Å². The lowest BCUT2D eigenvalue weighted by molar-refractivity contribution is 0.414. The monoisotopic (exact) mass is 339 g/mol. The van der Waals surface area contributed by atoms with Crippen molar-refractivity contribution in [3.8, 4) is 5.75 Å². The molecule has 0 atom stereocenters. The summed E-state index contributed by atoms with van der Waals surface area (Å²) in [7, 11) is 1.54. The van der Waals surface area contributed by atoms with E-state index in [0.717, 1.165) is 5.39 Å². The topological polar surface area (TPSA) is 126 Å². The maximum Gasteiger partial charge on any atom is 0.336 e. The third-order valence-electron chi connectivity index (χ3n) is 3.78. The predicted octanol–water partition coefficient (Wildman–Crippen LogP) is 1.37. The minimum atomic E-state index is -0.471. The number of aromatic nitrogens is 4. The first-order valence-corrected chi connectivity index (χ1v) is 7.42. The van der Waals surface area contributed by atoms with Crippen molar-refractivity contribution < 1.29 is 9.15 Å². The van der Waals surface area contributed by atoms with Crippen LogP contribution in [0, 0.1) is 0 Å². The van der Waals surface area contributed by atoms with E-state index in [1.807, 2.05) is 0 Å². The molecule has 1 aromatic carbocycles. The number of anilines is 1. The van der Waals surface area contributed by atoms with Gasteiger partial charge in [-0.05, 0) is 17.7 Å². The van der Waals surface area contributed by atoms with E-state index in [1.54, 1.807) is 18.2 Å². The van der Waals surface area contributed by atoms with Crippen molar-refractivity contribution >= 4 is 28.1 Å². The Hall–Kier alpha value is -3.62. The molecule has 126 valence electrons. The van der Waals surface area contributed by atoms with E-state index in [2.05, 4.69) is 25.3 Å². The van der Waals surface area contributed by atoms with Crippen molar-refractivity contribution in [3.05, 3.63) is 56.9 Å². The molecule has 0 spiro atoms. The van der Waals surface area contributed by atoms with Crippen molar-refractivity contribution in [2.24, 2.45) is 0 Å². The molecule has 3 aromatic heterocycles. The van der Waals surface area contributed by atoms with Crippen molar-refractivity contribution in [1.82, 2.24) is 19.9 Å². The molecule has 0 saturated carbocycles. The number of imidazole rings is 1. The first-order chi connectivity index (χ1) is 12.1. The van der Waals surface area contributed by atoms with Crippen molar-refractivity contribution in [3.63, 3.8) is 0 Å². The molecule has 25 heavy (non-hydrogen) atoms. The van der Waals surface area contributed by atoms with Crippen LogP contribution in [-0.2, 0) is 6.54 Å². The number of H-pyrrole nitrogens is 2. The highest BCUT2D eigenvalue weighted by Gasteiger charge is 2.09. The van der Waals surface area contributed by atoms with Crippen LogP contribution in [0.1, 0.15) is 5.56 Å². The summed E-state index contributed by atoms with van der Waals surface area (Å²) in [6.07, 6.45) is 1.40. The predicted molar refractivity (Wildman–Crippen MR) is 90.9 cm³/mol. The average Bonchev–Trinajstić information content (AvgIpc) is 3.08. The van der Waals surface area contributed by atoms with Gasteiger partial charge in [0.05, 0.1) is 13.4 Å². The van der Waals surface area contributed by atoms with Gasteiger partial charge < -0.3 is 19.5 Å². The van der Waals surface area contributed by atoms with E-state index in [0.29, 0.717) is 28.1 Å². The lowest BCUT2D eigenvalue weighted by atomic mass is 10.1. The fraction of sp³-hybridized carbons (Fsp3) is 0.125. The number of aromatic amines is 2. The molecule has 3 N–H and O–H groups in total. The maximum absolute atomic E-state index is 11.9. The van der Waals surface area contributed by atoms with Crippen molar-refractivity contribution in [1.29, 1.82) is 0 Å². The molecule has 3 heterocycles. The SMILES string of the molecule is COc1ccc2c(CNc3nc4nc[nH]c4c(=O)[nH]3)cc(=O)oc2c1. The van der Waals surface area contributed by atoms with E-state index in [9.17, 15) is 9.59 Å². The molecule has 9 nitrogen and oxygen atoms in total. The van der Waals surface area contributed by atoms with Gasteiger partial charge in [-0.25, -0.2) is 9.78 Å². The molecule has 4 rings (SSSR count). The fourth-order valence-corrected chi connectivity index (χ4v) is 2.59. The number of nitrogens with zero attached hydrogens (tertiary/aromatic N) is 2. The van der Waals surface area contributed by atoms with Gasteiger partial charge in [0.15, 0.2) is 11.2 Å². The standard InChI is InChI=1S/C16H13N5O4/c1-24-9-2-3-10-8(4-12(22)25-11(10)5-9)6-17-16-20-14-13(15(23)21-16)18-7-19-14/h2-5,7H,6H2,1H3,(H3,17,18,19,20,21,23). The van der Waals surface area contributed by atoms with Gasteiger partial charge in [0.25, 0.3) is 5.56 Å². The van der Waals surface area contributed by atoms with Crippen molar-refractivity contribution in [2.45, 2.75) is 6.54 Å². The molecule has 0 unspecified atom stereocenters. The molecule has 0 fully saturated rings. The van der Waals surface area contributed by atoms with Crippen LogP contribution >= 0.6 is 0 Å². The summed E-state index contributed by atoms with van der Waals surface area (Å²) in [6.45, 7) is 0.271. The number of fused-ring (bicyclic) bond motifs is 2. The molecule has 0 aliphatic rings. The molecular weight excluding hydrogens is 326 g/mol. The second-order valence-corrected chi connectivity index (χ2v) is 5.32. The molecule has 0 aliphatic heterocycles. The number of benzene rings is 1. The number of nitrogens with one attached hydrogen (secondary N) is 3. The molecule has 0 radical (unpaired) electrons. The minimum absolute atomic E-state index is 0.263. The van der Waals surface area contributed by atoms with Crippen LogP contribution in [0.15, 0.2) is 44.6 Å². The smallest absolute Gasteiger partial charge is 0.336 e. The van der Waals surface area contributed by atoms with Gasteiger partial charge >= 0.3 is 5.63 Å². The molecule has 0 aliphatic carbocycles. The highest BCUT2D eigenvalue weighted by molar-refractivity contribution is 5.81. The summed E-state index contributed by atoms with van der Waals surface area (Å²) in [5.74, 6) is 0.857. The van der Waals surface area contributed by atoms with Crippen LogP contribution in [0.5, 0.6) is 5.75 Å². The minimum Gasteiger partial charge on any atom is -0.497 e. The van der Waals surface area contributed by atoms with Gasteiger partial charge in [0.2, 0.25) is 5.95 Å². The van der Waals surface area contributed by atoms with E-state index in [4.69, 9.17) is 9.15 Å². The highest BCUT2D eigenvalue weighted by Crippen LogP contribution is 2.22. The maximum atomic E-state index is 11.9. The summed E-state index contributed by atoms with van der Waals surface area (Å²) in [5.41, 5.74) is 0.956. The highest BCUT2D eigenvalue weighted by atomic mass is 16.5. The summed E-state index contributed by atoms with van der Waals surface area (Å²) in [6, 6.07) is 6.63. The second-order valence-electron chi connectivity index (χ2n) is 5.32. The Bertz CT molecular complexity index is 1190. The van der Waals surface area contributed by atoms with Crippen LogP contribution in [0.4, 0.5) is 5.95 Å². The zero-order valence-electron chi connectivity index (χ0n) is 13.1. The van der Waals surface area contributed by atoms with E-state index < -0.39 is 5.63 Å². The third-order valence-corrected chi connectivity index (χ3v) is 3.78. The quantitative estimate of drug-likeness (QED) is 0.479. The first-order valence-electron chi connectivity index (χ1n) is 7.42. The summed E-state index contributed by atoms with van der Waals surface area (Å²) in [4.78, 5) is 37.2. The Morgan fingerprint density at radius 2 is 2.16 bits per heavy atom. The Labute approximate surface area is 139 Å². The first kappa shape index (κ1) is 14.9. The van der Waals surface area contributed by atoms with Gasteiger partial charge in [-0.1, -0.05) is 0 Å². The number of hydrogen-bond acceptors (Lipinski definition) is 7. The van der Waals surface area contributed by atoms with E-state index in [-0.39, 0.29) is 18.1 Å². The number of methoxy groups -OCH3 is 1. The summed E-state index contributed by atoms with van der Waals surface area (Å²) >= 11 is 0. The van der Waals surface area contributed by atoms with Crippen LogP contribution in [0.3, 0.4) is 0 Å². The zero-order chi connectivity index (χ0) is 17.4. The van der Waals surface area contributed by atoms with Gasteiger partial charge in [-0.2, -0.15) is 4.98 Å². The van der Waals surface area contributed by atoms with E-state index in [1.165, 1.54) is 19.5 Å². The number of ether oxygens (including phenoxy) is 1. The number of hydrogen-bond donors (Lipinski definition) is 3. The van der Waals surface area contributed by atoms with Gasteiger partial charge in [-0.15, -0.1) is 0 Å². The Balaban J connectivity index is 1.70. The zero-order valence-corrected chi connectivity index (χ0v) is 13.1. The molecule has 4 aromatic rings. The lowest BCUT2D eigenvalue weighted by Crippen LogP contribution is -2.14. The van der Waals surface area contributed by atoms with Gasteiger partial charge in [-0.3, -0.25) is 9.78 Å². The molecular formula is C16H13N5O4.